The number of rotatable bonds is 5. The first-order chi connectivity index (χ1) is 7.29. The van der Waals surface area contributed by atoms with Crippen molar-refractivity contribution in [1.82, 2.24) is 9.97 Å². The molecule has 1 aromatic heterocycles. The zero-order chi connectivity index (χ0) is 10.7. The summed E-state index contributed by atoms with van der Waals surface area (Å²) in [6.07, 6.45) is 5.16. The van der Waals surface area contributed by atoms with Gasteiger partial charge in [0.2, 0.25) is 11.8 Å². The molecule has 15 heavy (non-hydrogen) atoms. The number of nitrogens with two attached hydrogens (primary N) is 1. The van der Waals surface area contributed by atoms with Crippen molar-refractivity contribution in [2.45, 2.75) is 19.3 Å². The highest BCUT2D eigenvalue weighted by Crippen LogP contribution is 2.32. The second-order valence-electron chi connectivity index (χ2n) is 3.57. The van der Waals surface area contributed by atoms with E-state index in [4.69, 9.17) is 22.2 Å². The first kappa shape index (κ1) is 10.4. The minimum Gasteiger partial charge on any atom is -0.476 e. The van der Waals surface area contributed by atoms with Gasteiger partial charge in [0, 0.05) is 0 Å². The van der Waals surface area contributed by atoms with Gasteiger partial charge in [-0.3, -0.25) is 5.43 Å². The van der Waals surface area contributed by atoms with E-state index in [-0.39, 0.29) is 0 Å². The Hall–Kier alpha value is -1.07. The molecule has 0 radical (unpaired) electrons. The Balaban J connectivity index is 1.92. The van der Waals surface area contributed by atoms with Crippen LogP contribution in [0.2, 0.25) is 5.02 Å². The fourth-order valence-corrected chi connectivity index (χ4v) is 1.40. The molecule has 0 atom stereocenters. The largest absolute Gasteiger partial charge is 0.476 e. The lowest BCUT2D eigenvalue weighted by Gasteiger charge is -2.07. The first-order valence-electron chi connectivity index (χ1n) is 4.91. The van der Waals surface area contributed by atoms with Gasteiger partial charge in [-0.25, -0.2) is 10.8 Å². The van der Waals surface area contributed by atoms with Crippen LogP contribution in [0, 0.1) is 5.92 Å². The van der Waals surface area contributed by atoms with E-state index in [1.54, 1.807) is 0 Å². The summed E-state index contributed by atoms with van der Waals surface area (Å²) in [5, 5.41) is 0.407. The molecule has 1 aliphatic rings. The summed E-state index contributed by atoms with van der Waals surface area (Å²) in [5.41, 5.74) is 2.35. The minimum atomic E-state index is 0.306. The van der Waals surface area contributed by atoms with Crippen LogP contribution >= 0.6 is 11.6 Å². The molecule has 1 heterocycles. The Labute approximate surface area is 93.0 Å². The van der Waals surface area contributed by atoms with E-state index in [0.29, 0.717) is 23.5 Å². The third-order valence-corrected chi connectivity index (χ3v) is 2.56. The average molecular weight is 229 g/mol. The highest BCUT2D eigenvalue weighted by molar-refractivity contribution is 6.31. The number of hydrogen-bond acceptors (Lipinski definition) is 5. The van der Waals surface area contributed by atoms with Crippen molar-refractivity contribution in [2.75, 3.05) is 12.0 Å². The second kappa shape index (κ2) is 4.63. The molecule has 0 amide bonds. The highest BCUT2D eigenvalue weighted by Gasteiger charge is 2.21. The van der Waals surface area contributed by atoms with Crippen molar-refractivity contribution in [3.63, 3.8) is 0 Å². The Morgan fingerprint density at radius 3 is 3.07 bits per heavy atom. The third-order valence-electron chi connectivity index (χ3n) is 2.30. The Morgan fingerprint density at radius 1 is 1.60 bits per heavy atom. The van der Waals surface area contributed by atoms with Crippen LogP contribution in [0.4, 0.5) is 5.95 Å². The molecule has 6 heteroatoms. The molecule has 1 fully saturated rings. The number of nitrogens with zero attached hydrogens (tertiary/aromatic N) is 2. The van der Waals surface area contributed by atoms with Gasteiger partial charge in [-0.1, -0.05) is 24.4 Å². The molecule has 2 rings (SSSR count). The maximum atomic E-state index is 5.87. The molecule has 1 aliphatic carbocycles. The van der Waals surface area contributed by atoms with E-state index in [2.05, 4.69) is 15.4 Å². The number of nitrogen functional groups attached to an aromatic ring is 1. The maximum absolute atomic E-state index is 5.87. The Kier molecular flexibility index (Phi) is 3.23. The summed E-state index contributed by atoms with van der Waals surface area (Å²) >= 11 is 5.87. The molecule has 0 spiro atoms. The molecule has 0 aliphatic heterocycles. The van der Waals surface area contributed by atoms with Crippen molar-refractivity contribution in [3.8, 4) is 5.88 Å². The molecular weight excluding hydrogens is 216 g/mol. The predicted molar refractivity (Wildman–Crippen MR) is 57.7 cm³/mol. The molecule has 0 aromatic carbocycles. The lowest BCUT2D eigenvalue weighted by atomic mass is 10.3. The van der Waals surface area contributed by atoms with Gasteiger partial charge in [0.25, 0.3) is 0 Å². The van der Waals surface area contributed by atoms with Crippen LogP contribution in [0.15, 0.2) is 6.20 Å². The van der Waals surface area contributed by atoms with Crippen molar-refractivity contribution < 1.29 is 4.74 Å². The number of anilines is 1. The van der Waals surface area contributed by atoms with Gasteiger partial charge in [0.05, 0.1) is 12.8 Å². The zero-order valence-corrected chi connectivity index (χ0v) is 9.00. The van der Waals surface area contributed by atoms with Crippen LogP contribution in [0.3, 0.4) is 0 Å². The van der Waals surface area contributed by atoms with E-state index >= 15 is 0 Å². The van der Waals surface area contributed by atoms with Crippen LogP contribution < -0.4 is 16.0 Å². The van der Waals surface area contributed by atoms with E-state index < -0.39 is 0 Å². The molecule has 0 saturated heterocycles. The van der Waals surface area contributed by atoms with E-state index in [0.717, 1.165) is 12.3 Å². The van der Waals surface area contributed by atoms with E-state index in [9.17, 15) is 0 Å². The molecule has 3 N–H and O–H groups in total. The monoisotopic (exact) mass is 228 g/mol. The number of hydrogen-bond donors (Lipinski definition) is 2. The number of halogens is 1. The van der Waals surface area contributed by atoms with Gasteiger partial charge < -0.3 is 4.74 Å². The summed E-state index contributed by atoms with van der Waals surface area (Å²) in [6, 6.07) is 0. The Morgan fingerprint density at radius 2 is 2.40 bits per heavy atom. The fourth-order valence-electron chi connectivity index (χ4n) is 1.25. The van der Waals surface area contributed by atoms with Crippen LogP contribution in [-0.2, 0) is 0 Å². The minimum absolute atomic E-state index is 0.306. The zero-order valence-electron chi connectivity index (χ0n) is 8.24. The second-order valence-corrected chi connectivity index (χ2v) is 3.98. The molecule has 1 aromatic rings. The van der Waals surface area contributed by atoms with Gasteiger partial charge in [-0.15, -0.1) is 0 Å². The highest BCUT2D eigenvalue weighted by atomic mass is 35.5. The number of nitrogens with one attached hydrogen (secondary N) is 1. The molecule has 82 valence electrons. The van der Waals surface area contributed by atoms with Gasteiger partial charge >= 0.3 is 0 Å². The normalized spacial score (nSPS) is 15.1. The van der Waals surface area contributed by atoms with Gasteiger partial charge in [-0.05, 0) is 12.3 Å². The number of aromatic nitrogens is 2. The summed E-state index contributed by atoms with van der Waals surface area (Å²) in [4.78, 5) is 7.86. The lowest BCUT2D eigenvalue weighted by Crippen LogP contribution is -2.11. The summed E-state index contributed by atoms with van der Waals surface area (Å²) in [6.45, 7) is 0.644. The molecule has 0 unspecified atom stereocenters. The number of ether oxygens (including phenoxy) is 1. The molecule has 0 bridgehead atoms. The van der Waals surface area contributed by atoms with Crippen LogP contribution in [-0.4, -0.2) is 16.6 Å². The standard InChI is InChI=1S/C9H13ClN4O/c10-7-5-12-9(14-11)13-8(7)15-4-3-6-1-2-6/h5-6H,1-4,11H2,(H,12,13,14). The topological polar surface area (TPSA) is 73.1 Å². The summed E-state index contributed by atoms with van der Waals surface area (Å²) in [7, 11) is 0. The van der Waals surface area contributed by atoms with Gasteiger partial charge in [0.15, 0.2) is 0 Å². The van der Waals surface area contributed by atoms with Crippen LogP contribution in [0.5, 0.6) is 5.88 Å². The summed E-state index contributed by atoms with van der Waals surface area (Å²) < 4.78 is 5.45. The predicted octanol–water partition coefficient (Wildman–Crippen LogP) is 1.59. The SMILES string of the molecule is NNc1ncc(Cl)c(OCCC2CC2)n1. The summed E-state index contributed by atoms with van der Waals surface area (Å²) in [5.74, 6) is 6.71. The molecule has 5 nitrogen and oxygen atoms in total. The molecular formula is C9H13ClN4O. The first-order valence-corrected chi connectivity index (χ1v) is 5.29. The fraction of sp³-hybridized carbons (Fsp3) is 0.556. The van der Waals surface area contributed by atoms with Crippen LogP contribution in [0.1, 0.15) is 19.3 Å². The smallest absolute Gasteiger partial charge is 0.240 e. The van der Waals surface area contributed by atoms with E-state index in [1.165, 1.54) is 19.0 Å². The third kappa shape index (κ3) is 2.94. The van der Waals surface area contributed by atoms with Gasteiger partial charge in [-0.2, -0.15) is 4.98 Å². The van der Waals surface area contributed by atoms with Crippen molar-refractivity contribution in [2.24, 2.45) is 11.8 Å². The van der Waals surface area contributed by atoms with E-state index in [1.807, 2.05) is 0 Å². The lowest BCUT2D eigenvalue weighted by molar-refractivity contribution is 0.291. The van der Waals surface area contributed by atoms with Crippen molar-refractivity contribution in [3.05, 3.63) is 11.2 Å². The average Bonchev–Trinajstić information content (AvgIpc) is 3.05. The van der Waals surface area contributed by atoms with Crippen molar-refractivity contribution >= 4 is 17.5 Å². The number of hydrazine groups is 1. The van der Waals surface area contributed by atoms with Gasteiger partial charge in [0.1, 0.15) is 5.02 Å². The quantitative estimate of drug-likeness (QED) is 0.592. The maximum Gasteiger partial charge on any atom is 0.240 e. The molecule has 1 saturated carbocycles. The van der Waals surface area contributed by atoms with Crippen LogP contribution in [0.25, 0.3) is 0 Å². The van der Waals surface area contributed by atoms with Crippen molar-refractivity contribution in [1.29, 1.82) is 0 Å². The Bertz CT molecular complexity index is 343.